The number of nitrogens with zero attached hydrogens (tertiary/aromatic N) is 2. The molecule has 2 N–H and O–H groups in total. The van der Waals surface area contributed by atoms with Crippen LogP contribution in [0.15, 0.2) is 17.5 Å². The molecule has 0 aliphatic carbocycles. The highest BCUT2D eigenvalue weighted by Gasteiger charge is 2.26. The SMILES string of the molecule is CC(N)C(c1cccs1)N(C)CC(=O)N1CCCC1. The summed E-state index contributed by atoms with van der Waals surface area (Å²) in [7, 11) is 1.99. The lowest BCUT2D eigenvalue weighted by Crippen LogP contribution is -2.43. The summed E-state index contributed by atoms with van der Waals surface area (Å²) in [6, 6.07) is 4.25. The lowest BCUT2D eigenvalue weighted by molar-refractivity contribution is -0.131. The van der Waals surface area contributed by atoms with Crippen LogP contribution < -0.4 is 5.73 Å². The number of likely N-dealkylation sites (N-methyl/N-ethyl adjacent to an activating group) is 1. The molecular weight excluding hydrogens is 258 g/mol. The van der Waals surface area contributed by atoms with Gasteiger partial charge in [0.25, 0.3) is 0 Å². The van der Waals surface area contributed by atoms with E-state index >= 15 is 0 Å². The third kappa shape index (κ3) is 3.55. The topological polar surface area (TPSA) is 49.6 Å². The van der Waals surface area contributed by atoms with E-state index < -0.39 is 0 Å². The van der Waals surface area contributed by atoms with Crippen molar-refractivity contribution in [3.05, 3.63) is 22.4 Å². The number of carbonyl (C=O) groups excluding carboxylic acids is 1. The zero-order valence-electron chi connectivity index (χ0n) is 11.7. The molecule has 1 fully saturated rings. The van der Waals surface area contributed by atoms with Crippen molar-refractivity contribution in [1.29, 1.82) is 0 Å². The van der Waals surface area contributed by atoms with E-state index in [1.807, 2.05) is 24.9 Å². The predicted molar refractivity (Wildman–Crippen MR) is 79.2 cm³/mol. The number of amides is 1. The molecule has 1 aliphatic rings. The smallest absolute Gasteiger partial charge is 0.236 e. The number of nitrogens with two attached hydrogens (primary N) is 1. The average Bonchev–Trinajstić information content (AvgIpc) is 3.01. The number of carbonyl (C=O) groups is 1. The van der Waals surface area contributed by atoms with E-state index in [0.29, 0.717) is 6.54 Å². The second-order valence-corrected chi connectivity index (χ2v) is 6.30. The Kier molecular flexibility index (Phi) is 4.96. The summed E-state index contributed by atoms with van der Waals surface area (Å²) < 4.78 is 0. The Balaban J connectivity index is 1.99. The number of likely N-dealkylation sites (tertiary alicyclic amines) is 1. The number of hydrogen-bond acceptors (Lipinski definition) is 4. The summed E-state index contributed by atoms with van der Waals surface area (Å²) in [6.07, 6.45) is 2.27. The van der Waals surface area contributed by atoms with E-state index in [-0.39, 0.29) is 18.0 Å². The zero-order valence-corrected chi connectivity index (χ0v) is 12.5. The Morgan fingerprint density at radius 1 is 1.53 bits per heavy atom. The van der Waals surface area contributed by atoms with Gasteiger partial charge in [-0.2, -0.15) is 0 Å². The lowest BCUT2D eigenvalue weighted by atomic mass is 10.1. The largest absolute Gasteiger partial charge is 0.342 e. The highest BCUT2D eigenvalue weighted by molar-refractivity contribution is 7.10. The molecule has 19 heavy (non-hydrogen) atoms. The molecule has 1 amide bonds. The van der Waals surface area contributed by atoms with Crippen molar-refractivity contribution < 1.29 is 4.79 Å². The third-order valence-electron chi connectivity index (χ3n) is 3.65. The van der Waals surface area contributed by atoms with Crippen LogP contribution in [0.1, 0.15) is 30.7 Å². The molecule has 4 nitrogen and oxygen atoms in total. The first-order valence-corrected chi connectivity index (χ1v) is 7.74. The summed E-state index contributed by atoms with van der Waals surface area (Å²) in [5, 5.41) is 2.06. The van der Waals surface area contributed by atoms with Crippen LogP contribution in [0, 0.1) is 0 Å². The van der Waals surface area contributed by atoms with Crippen LogP contribution in [-0.2, 0) is 4.79 Å². The maximum absolute atomic E-state index is 12.2. The van der Waals surface area contributed by atoms with Crippen LogP contribution in [0.3, 0.4) is 0 Å². The summed E-state index contributed by atoms with van der Waals surface area (Å²) in [5.41, 5.74) is 6.10. The molecule has 106 valence electrons. The minimum absolute atomic E-state index is 0.00929. The predicted octanol–water partition coefficient (Wildman–Crippen LogP) is 1.69. The lowest BCUT2D eigenvalue weighted by Gasteiger charge is -2.31. The van der Waals surface area contributed by atoms with E-state index in [4.69, 9.17) is 5.73 Å². The van der Waals surface area contributed by atoms with Crippen LogP contribution in [0.5, 0.6) is 0 Å². The minimum atomic E-state index is 0.00929. The van der Waals surface area contributed by atoms with Gasteiger partial charge < -0.3 is 10.6 Å². The Labute approximate surface area is 119 Å². The maximum atomic E-state index is 12.2. The molecule has 0 aromatic carbocycles. The molecule has 2 unspecified atom stereocenters. The quantitative estimate of drug-likeness (QED) is 0.893. The van der Waals surface area contributed by atoms with Crippen molar-refractivity contribution in [1.82, 2.24) is 9.80 Å². The van der Waals surface area contributed by atoms with Crippen molar-refractivity contribution in [2.75, 3.05) is 26.7 Å². The van der Waals surface area contributed by atoms with Gasteiger partial charge in [-0.3, -0.25) is 9.69 Å². The molecule has 1 saturated heterocycles. The molecular formula is C14H23N3OS. The van der Waals surface area contributed by atoms with Gasteiger partial charge >= 0.3 is 0 Å². The summed E-state index contributed by atoms with van der Waals surface area (Å²) in [4.78, 5) is 17.5. The first-order chi connectivity index (χ1) is 9.09. The van der Waals surface area contributed by atoms with Crippen LogP contribution in [-0.4, -0.2) is 48.4 Å². The van der Waals surface area contributed by atoms with Crippen molar-refractivity contribution in [3.63, 3.8) is 0 Å². The molecule has 2 rings (SSSR count). The van der Waals surface area contributed by atoms with Gasteiger partial charge in [-0.05, 0) is 38.3 Å². The van der Waals surface area contributed by atoms with Crippen molar-refractivity contribution >= 4 is 17.2 Å². The molecule has 0 bridgehead atoms. The molecule has 0 radical (unpaired) electrons. The fraction of sp³-hybridized carbons (Fsp3) is 0.643. The molecule has 1 aromatic heterocycles. The molecule has 1 aromatic rings. The van der Waals surface area contributed by atoms with Gasteiger partial charge in [0.1, 0.15) is 0 Å². The highest BCUT2D eigenvalue weighted by Crippen LogP contribution is 2.26. The van der Waals surface area contributed by atoms with E-state index in [1.54, 1.807) is 11.3 Å². The Morgan fingerprint density at radius 2 is 2.21 bits per heavy atom. The van der Waals surface area contributed by atoms with Gasteiger partial charge in [0, 0.05) is 24.0 Å². The Morgan fingerprint density at radius 3 is 2.74 bits per heavy atom. The molecule has 0 saturated carbocycles. The standard InChI is InChI=1S/C14H23N3OS/c1-11(15)14(12-6-5-9-19-12)16(2)10-13(18)17-7-3-4-8-17/h5-6,9,11,14H,3-4,7-8,10,15H2,1-2H3. The summed E-state index contributed by atoms with van der Waals surface area (Å²) >= 11 is 1.70. The Hall–Kier alpha value is -0.910. The van der Waals surface area contributed by atoms with E-state index in [9.17, 15) is 4.79 Å². The fourth-order valence-electron chi connectivity index (χ4n) is 2.72. The average molecular weight is 281 g/mol. The van der Waals surface area contributed by atoms with Crippen molar-refractivity contribution in [3.8, 4) is 0 Å². The van der Waals surface area contributed by atoms with E-state index in [2.05, 4.69) is 16.3 Å². The first-order valence-electron chi connectivity index (χ1n) is 6.86. The molecule has 2 heterocycles. The number of hydrogen-bond donors (Lipinski definition) is 1. The number of thiophene rings is 1. The number of rotatable bonds is 5. The van der Waals surface area contributed by atoms with Crippen molar-refractivity contribution in [2.24, 2.45) is 5.73 Å². The van der Waals surface area contributed by atoms with Gasteiger partial charge in [0.15, 0.2) is 0 Å². The zero-order chi connectivity index (χ0) is 13.8. The van der Waals surface area contributed by atoms with E-state index in [0.717, 1.165) is 25.9 Å². The fourth-order valence-corrected chi connectivity index (χ4v) is 3.72. The minimum Gasteiger partial charge on any atom is -0.342 e. The van der Waals surface area contributed by atoms with Crippen LogP contribution in [0.25, 0.3) is 0 Å². The monoisotopic (exact) mass is 281 g/mol. The normalized spacial score (nSPS) is 18.8. The van der Waals surface area contributed by atoms with Crippen LogP contribution in [0.2, 0.25) is 0 Å². The first kappa shape index (κ1) is 14.5. The van der Waals surface area contributed by atoms with Gasteiger partial charge in [-0.15, -0.1) is 11.3 Å². The summed E-state index contributed by atoms with van der Waals surface area (Å²) in [5.74, 6) is 0.224. The third-order valence-corrected chi connectivity index (χ3v) is 4.59. The second kappa shape index (κ2) is 6.50. The van der Waals surface area contributed by atoms with Crippen molar-refractivity contribution in [2.45, 2.75) is 31.8 Å². The van der Waals surface area contributed by atoms with Crippen LogP contribution in [0.4, 0.5) is 0 Å². The molecule has 2 atom stereocenters. The van der Waals surface area contributed by atoms with Gasteiger partial charge in [-0.25, -0.2) is 0 Å². The van der Waals surface area contributed by atoms with Gasteiger partial charge in [0.2, 0.25) is 5.91 Å². The molecule has 0 spiro atoms. The second-order valence-electron chi connectivity index (χ2n) is 5.32. The molecule has 5 heteroatoms. The summed E-state index contributed by atoms with van der Waals surface area (Å²) in [6.45, 7) is 4.27. The van der Waals surface area contributed by atoms with Gasteiger partial charge in [-0.1, -0.05) is 6.07 Å². The maximum Gasteiger partial charge on any atom is 0.236 e. The van der Waals surface area contributed by atoms with Crippen LogP contribution >= 0.6 is 11.3 Å². The molecule has 1 aliphatic heterocycles. The van der Waals surface area contributed by atoms with Gasteiger partial charge in [0.05, 0.1) is 12.6 Å². The van der Waals surface area contributed by atoms with E-state index in [1.165, 1.54) is 4.88 Å². The highest BCUT2D eigenvalue weighted by atomic mass is 32.1. The Bertz CT molecular complexity index is 399.